The van der Waals surface area contributed by atoms with Gasteiger partial charge in [0.05, 0.1) is 0 Å². The molecule has 372 valence electrons. The Bertz CT molecular complexity index is 1270. The Morgan fingerprint density at radius 3 is 1.03 bits per heavy atom. The number of carbonyl (C=O) groups is 3. The van der Waals surface area contributed by atoms with Crippen molar-refractivity contribution in [1.29, 1.82) is 0 Å². The lowest BCUT2D eigenvalue weighted by atomic mass is 10.0. The van der Waals surface area contributed by atoms with E-state index in [0.29, 0.717) is 19.3 Å². The summed E-state index contributed by atoms with van der Waals surface area (Å²) in [7, 11) is 0. The number of hydrogen-bond acceptors (Lipinski definition) is 6. The summed E-state index contributed by atoms with van der Waals surface area (Å²) in [6, 6.07) is 0. The van der Waals surface area contributed by atoms with Gasteiger partial charge in [-0.15, -0.1) is 0 Å². The van der Waals surface area contributed by atoms with Crippen molar-refractivity contribution in [2.75, 3.05) is 13.2 Å². The first-order valence-corrected chi connectivity index (χ1v) is 27.1. The maximum absolute atomic E-state index is 12.8. The largest absolute Gasteiger partial charge is 0.462 e. The third-order valence-electron chi connectivity index (χ3n) is 11.4. The van der Waals surface area contributed by atoms with Crippen LogP contribution in [0.15, 0.2) is 85.1 Å². The Morgan fingerprint density at radius 1 is 0.323 bits per heavy atom. The number of ether oxygens (including phenoxy) is 3. The highest BCUT2D eigenvalue weighted by Gasteiger charge is 2.19. The number of allylic oxidation sites excluding steroid dienone is 14. The molecule has 1 atom stereocenters. The number of hydrogen-bond donors (Lipinski definition) is 0. The monoisotopic (exact) mass is 905 g/mol. The highest BCUT2D eigenvalue weighted by molar-refractivity contribution is 5.71. The van der Waals surface area contributed by atoms with E-state index in [1.165, 1.54) is 103 Å². The van der Waals surface area contributed by atoms with Crippen LogP contribution in [0.25, 0.3) is 0 Å². The molecular weight excluding hydrogens is 805 g/mol. The van der Waals surface area contributed by atoms with Crippen LogP contribution in [0, 0.1) is 0 Å². The third-order valence-corrected chi connectivity index (χ3v) is 11.4. The van der Waals surface area contributed by atoms with Gasteiger partial charge in [0.15, 0.2) is 6.10 Å². The summed E-state index contributed by atoms with van der Waals surface area (Å²) in [6.45, 7) is 6.45. The lowest BCUT2D eigenvalue weighted by Crippen LogP contribution is -2.30. The molecule has 0 spiro atoms. The van der Waals surface area contributed by atoms with Gasteiger partial charge >= 0.3 is 17.9 Å². The fraction of sp³-hybridized carbons (Fsp3) is 0.712. The summed E-state index contributed by atoms with van der Waals surface area (Å²) < 4.78 is 16.8. The zero-order chi connectivity index (χ0) is 47.2. The highest BCUT2D eigenvalue weighted by atomic mass is 16.6. The summed E-state index contributed by atoms with van der Waals surface area (Å²) in [6.07, 6.45) is 68.5. The molecule has 6 heteroatoms. The molecule has 0 heterocycles. The first kappa shape index (κ1) is 61.6. The Hall–Kier alpha value is -3.41. The number of esters is 3. The standard InChI is InChI=1S/C59H100O6/c1-4-7-10-13-16-19-22-25-28-29-32-34-37-40-43-46-49-52-58(61)64-55-56(65-59(62)53-50-47-44-41-38-35-31-27-24-21-18-15-12-9-6-3)54-63-57(60)51-48-45-42-39-36-33-30-26-23-20-17-14-11-8-5-2/h7,10,16-17,19-20,25-26,28,30,32,34,40,43,56H,4-6,8-9,11-15,18,21-24,27,29,31,33,35-39,41-42,44-55H2,1-3H3/b10-7-,19-16-,20-17-,28-25-,30-26-,34-32-,43-40-/t56-/m0/s1. The van der Waals surface area contributed by atoms with Crippen LogP contribution in [0.4, 0.5) is 0 Å². The molecule has 0 bridgehead atoms. The van der Waals surface area contributed by atoms with E-state index < -0.39 is 6.10 Å². The molecule has 0 N–H and O–H groups in total. The second-order valence-electron chi connectivity index (χ2n) is 17.8. The Kier molecular flexibility index (Phi) is 50.4. The predicted molar refractivity (Wildman–Crippen MR) is 279 cm³/mol. The van der Waals surface area contributed by atoms with E-state index >= 15 is 0 Å². The van der Waals surface area contributed by atoms with Gasteiger partial charge in [-0.2, -0.15) is 0 Å². The molecule has 0 unspecified atom stereocenters. The van der Waals surface area contributed by atoms with Gasteiger partial charge in [0, 0.05) is 19.3 Å². The predicted octanol–water partition coefficient (Wildman–Crippen LogP) is 18.0. The molecule has 6 nitrogen and oxygen atoms in total. The molecular formula is C59H100O6. The van der Waals surface area contributed by atoms with Crippen molar-refractivity contribution >= 4 is 17.9 Å². The zero-order valence-corrected chi connectivity index (χ0v) is 42.5. The Balaban J connectivity index is 4.49. The third kappa shape index (κ3) is 51.4. The average Bonchev–Trinajstić information content (AvgIpc) is 3.30. The van der Waals surface area contributed by atoms with Crippen molar-refractivity contribution in [2.45, 2.75) is 258 Å². The van der Waals surface area contributed by atoms with Crippen molar-refractivity contribution in [3.63, 3.8) is 0 Å². The normalized spacial score (nSPS) is 12.7. The summed E-state index contributed by atoms with van der Waals surface area (Å²) in [5, 5.41) is 0. The van der Waals surface area contributed by atoms with Crippen LogP contribution in [-0.4, -0.2) is 37.2 Å². The van der Waals surface area contributed by atoms with Crippen LogP contribution in [-0.2, 0) is 28.6 Å². The second-order valence-corrected chi connectivity index (χ2v) is 17.8. The van der Waals surface area contributed by atoms with E-state index in [2.05, 4.69) is 106 Å². The first-order chi connectivity index (χ1) is 32.0. The topological polar surface area (TPSA) is 78.9 Å². The van der Waals surface area contributed by atoms with Gasteiger partial charge in [0.1, 0.15) is 13.2 Å². The van der Waals surface area contributed by atoms with Crippen LogP contribution in [0.5, 0.6) is 0 Å². The number of rotatable bonds is 48. The number of carbonyl (C=O) groups excluding carboxylic acids is 3. The molecule has 65 heavy (non-hydrogen) atoms. The molecule has 0 fully saturated rings. The molecule has 0 aliphatic rings. The molecule has 0 amide bonds. The maximum atomic E-state index is 12.8. The summed E-state index contributed by atoms with van der Waals surface area (Å²) in [5.41, 5.74) is 0. The van der Waals surface area contributed by atoms with Crippen molar-refractivity contribution in [1.82, 2.24) is 0 Å². The van der Waals surface area contributed by atoms with Crippen LogP contribution in [0.1, 0.15) is 252 Å². The minimum absolute atomic E-state index is 0.100. The molecule has 0 radical (unpaired) electrons. The highest BCUT2D eigenvalue weighted by Crippen LogP contribution is 2.15. The quantitative estimate of drug-likeness (QED) is 0.0262. The molecule has 0 aliphatic carbocycles. The van der Waals surface area contributed by atoms with Crippen LogP contribution >= 0.6 is 0 Å². The first-order valence-electron chi connectivity index (χ1n) is 27.1. The summed E-state index contributed by atoms with van der Waals surface area (Å²) in [4.78, 5) is 38.0. The van der Waals surface area contributed by atoms with Crippen LogP contribution in [0.3, 0.4) is 0 Å². The van der Waals surface area contributed by atoms with E-state index in [0.717, 1.165) is 103 Å². The van der Waals surface area contributed by atoms with E-state index in [4.69, 9.17) is 14.2 Å². The van der Waals surface area contributed by atoms with Gasteiger partial charge in [0.25, 0.3) is 0 Å². The summed E-state index contributed by atoms with van der Waals surface area (Å²) in [5.74, 6) is -0.969. The van der Waals surface area contributed by atoms with Gasteiger partial charge < -0.3 is 14.2 Å². The molecule has 0 saturated heterocycles. The van der Waals surface area contributed by atoms with Gasteiger partial charge in [0.2, 0.25) is 0 Å². The van der Waals surface area contributed by atoms with Gasteiger partial charge in [-0.25, -0.2) is 0 Å². The van der Waals surface area contributed by atoms with E-state index in [1.807, 2.05) is 0 Å². The number of unbranched alkanes of at least 4 members (excludes halogenated alkanes) is 23. The van der Waals surface area contributed by atoms with Gasteiger partial charge in [-0.1, -0.05) is 228 Å². The Labute approximate surface area is 401 Å². The second kappa shape index (κ2) is 53.2. The van der Waals surface area contributed by atoms with Crippen molar-refractivity contribution in [3.8, 4) is 0 Å². The average molecular weight is 905 g/mol. The Morgan fingerprint density at radius 2 is 0.615 bits per heavy atom. The maximum Gasteiger partial charge on any atom is 0.306 e. The summed E-state index contributed by atoms with van der Waals surface area (Å²) >= 11 is 0. The lowest BCUT2D eigenvalue weighted by Gasteiger charge is -2.18. The van der Waals surface area contributed by atoms with Crippen LogP contribution < -0.4 is 0 Å². The minimum Gasteiger partial charge on any atom is -0.462 e. The van der Waals surface area contributed by atoms with Crippen molar-refractivity contribution < 1.29 is 28.6 Å². The SMILES string of the molecule is CC/C=C\C/C=C\C/C=C\C/C=C\C/C=C\CCCC(=O)OC[C@H](COC(=O)CCCCCCC/C=C\C/C=C\CCCCC)OC(=O)CCCCCCCCCCCCCCCCC. The van der Waals surface area contributed by atoms with E-state index in [-0.39, 0.29) is 37.5 Å². The zero-order valence-electron chi connectivity index (χ0n) is 42.5. The lowest BCUT2D eigenvalue weighted by molar-refractivity contribution is -0.167. The smallest absolute Gasteiger partial charge is 0.306 e. The molecule has 0 aromatic rings. The molecule has 0 rings (SSSR count). The van der Waals surface area contributed by atoms with Gasteiger partial charge in [-0.05, 0) is 89.9 Å². The molecule has 0 aromatic carbocycles. The fourth-order valence-corrected chi connectivity index (χ4v) is 7.33. The molecule has 0 aliphatic heterocycles. The minimum atomic E-state index is -0.803. The van der Waals surface area contributed by atoms with E-state index in [1.54, 1.807) is 0 Å². The van der Waals surface area contributed by atoms with Crippen molar-refractivity contribution in [2.24, 2.45) is 0 Å². The van der Waals surface area contributed by atoms with E-state index in [9.17, 15) is 14.4 Å². The van der Waals surface area contributed by atoms with Crippen LogP contribution in [0.2, 0.25) is 0 Å². The fourth-order valence-electron chi connectivity index (χ4n) is 7.33. The van der Waals surface area contributed by atoms with Gasteiger partial charge in [-0.3, -0.25) is 14.4 Å². The molecule has 0 saturated carbocycles. The van der Waals surface area contributed by atoms with Crippen molar-refractivity contribution in [3.05, 3.63) is 85.1 Å². The molecule has 0 aromatic heterocycles.